The fraction of sp³-hybridized carbons (Fsp3) is 0.333. The second-order valence-electron chi connectivity index (χ2n) is 5.89. The van der Waals surface area contributed by atoms with E-state index in [4.69, 9.17) is 10.5 Å². The molecular weight excluding hydrogens is 338 g/mol. The molecule has 1 aliphatic heterocycles. The molecule has 132 valence electrons. The van der Waals surface area contributed by atoms with Crippen LogP contribution in [-0.4, -0.2) is 36.5 Å². The molecule has 0 aliphatic carbocycles. The molecule has 1 aromatic heterocycles. The summed E-state index contributed by atoms with van der Waals surface area (Å²) < 4.78 is 5.80. The molecule has 0 saturated carbocycles. The summed E-state index contributed by atoms with van der Waals surface area (Å²) in [7, 11) is 0. The summed E-state index contributed by atoms with van der Waals surface area (Å²) in [5.74, 6) is -0.0172. The van der Waals surface area contributed by atoms with Crippen molar-refractivity contribution in [3.63, 3.8) is 0 Å². The number of thiophene rings is 1. The van der Waals surface area contributed by atoms with E-state index in [9.17, 15) is 9.59 Å². The van der Waals surface area contributed by atoms with E-state index in [1.807, 2.05) is 47.8 Å². The molecule has 2 heterocycles. The lowest BCUT2D eigenvalue weighted by Crippen LogP contribution is -2.44. The van der Waals surface area contributed by atoms with Gasteiger partial charge in [0, 0.05) is 11.4 Å². The van der Waals surface area contributed by atoms with Gasteiger partial charge in [-0.05, 0) is 17.0 Å². The summed E-state index contributed by atoms with van der Waals surface area (Å²) in [4.78, 5) is 26.7. The first-order valence-corrected chi connectivity index (χ1v) is 9.05. The van der Waals surface area contributed by atoms with E-state index in [1.165, 1.54) is 11.3 Å². The van der Waals surface area contributed by atoms with Crippen LogP contribution in [-0.2, 0) is 9.53 Å². The third-order valence-corrected chi connectivity index (χ3v) is 5.16. The lowest BCUT2D eigenvalue weighted by atomic mass is 10.1. The molecule has 1 aliphatic rings. The number of urea groups is 1. The van der Waals surface area contributed by atoms with Crippen molar-refractivity contribution < 1.29 is 14.3 Å². The number of carbonyl (C=O) groups is 2. The van der Waals surface area contributed by atoms with E-state index in [1.54, 1.807) is 4.90 Å². The van der Waals surface area contributed by atoms with Crippen molar-refractivity contribution in [3.05, 3.63) is 58.3 Å². The Morgan fingerprint density at radius 3 is 2.76 bits per heavy atom. The topological polar surface area (TPSA) is 84.7 Å². The van der Waals surface area contributed by atoms with Crippen molar-refractivity contribution in [2.45, 2.75) is 18.6 Å². The van der Waals surface area contributed by atoms with Gasteiger partial charge < -0.3 is 20.7 Å². The van der Waals surface area contributed by atoms with Crippen LogP contribution in [0.15, 0.2) is 47.8 Å². The van der Waals surface area contributed by atoms with Gasteiger partial charge in [0.2, 0.25) is 5.91 Å². The monoisotopic (exact) mass is 359 g/mol. The molecule has 0 bridgehead atoms. The van der Waals surface area contributed by atoms with Gasteiger partial charge in [-0.25, -0.2) is 4.79 Å². The van der Waals surface area contributed by atoms with Gasteiger partial charge in [-0.2, -0.15) is 0 Å². The predicted molar refractivity (Wildman–Crippen MR) is 96.1 cm³/mol. The average molecular weight is 359 g/mol. The zero-order valence-corrected chi connectivity index (χ0v) is 14.6. The number of hydrogen-bond acceptors (Lipinski definition) is 4. The fourth-order valence-corrected chi connectivity index (χ4v) is 3.71. The number of nitrogens with zero attached hydrogens (tertiary/aromatic N) is 1. The van der Waals surface area contributed by atoms with E-state index < -0.39 is 12.1 Å². The van der Waals surface area contributed by atoms with Gasteiger partial charge in [0.05, 0.1) is 25.6 Å². The minimum Gasteiger partial charge on any atom is -0.370 e. The van der Waals surface area contributed by atoms with Crippen molar-refractivity contribution in [2.24, 2.45) is 5.73 Å². The van der Waals surface area contributed by atoms with Gasteiger partial charge in [0.25, 0.3) is 0 Å². The minimum absolute atomic E-state index is 0.0172. The van der Waals surface area contributed by atoms with Crippen LogP contribution in [0.25, 0.3) is 0 Å². The van der Waals surface area contributed by atoms with Crippen LogP contribution in [0.1, 0.15) is 29.0 Å². The van der Waals surface area contributed by atoms with E-state index in [-0.39, 0.29) is 18.4 Å². The fourth-order valence-electron chi connectivity index (χ4n) is 2.93. The van der Waals surface area contributed by atoms with E-state index in [0.29, 0.717) is 19.7 Å². The number of amides is 3. The summed E-state index contributed by atoms with van der Waals surface area (Å²) >= 11 is 1.49. The zero-order chi connectivity index (χ0) is 17.6. The van der Waals surface area contributed by atoms with Crippen LogP contribution in [0.3, 0.4) is 0 Å². The van der Waals surface area contributed by atoms with Gasteiger partial charge in [0.1, 0.15) is 6.10 Å². The van der Waals surface area contributed by atoms with Crippen LogP contribution in [0, 0.1) is 0 Å². The lowest BCUT2D eigenvalue weighted by Gasteiger charge is -2.34. The number of rotatable bonds is 5. The number of ether oxygens (including phenoxy) is 1. The molecule has 0 spiro atoms. The first-order valence-electron chi connectivity index (χ1n) is 8.17. The van der Waals surface area contributed by atoms with Gasteiger partial charge in [-0.3, -0.25) is 4.79 Å². The number of nitrogens with one attached hydrogen (secondary N) is 1. The summed E-state index contributed by atoms with van der Waals surface area (Å²) in [5.41, 5.74) is 6.32. The van der Waals surface area contributed by atoms with E-state index >= 15 is 0 Å². The van der Waals surface area contributed by atoms with Crippen LogP contribution < -0.4 is 11.1 Å². The maximum absolute atomic E-state index is 12.7. The highest BCUT2D eigenvalue weighted by atomic mass is 32.1. The van der Waals surface area contributed by atoms with Crippen LogP contribution in [0.5, 0.6) is 0 Å². The van der Waals surface area contributed by atoms with Gasteiger partial charge in [-0.15, -0.1) is 11.3 Å². The molecule has 1 fully saturated rings. The molecule has 2 unspecified atom stereocenters. The van der Waals surface area contributed by atoms with Crippen molar-refractivity contribution in [2.75, 3.05) is 19.7 Å². The summed E-state index contributed by atoms with van der Waals surface area (Å²) in [6.45, 7) is 1.56. The molecule has 0 radical (unpaired) electrons. The number of hydrogen-bond donors (Lipinski definition) is 2. The highest BCUT2D eigenvalue weighted by Crippen LogP contribution is 2.26. The molecule has 3 rings (SSSR count). The zero-order valence-electron chi connectivity index (χ0n) is 13.8. The molecule has 25 heavy (non-hydrogen) atoms. The quantitative estimate of drug-likeness (QED) is 0.860. The Morgan fingerprint density at radius 1 is 1.28 bits per heavy atom. The maximum Gasteiger partial charge on any atom is 0.312 e. The number of primary amides is 1. The Morgan fingerprint density at radius 2 is 2.08 bits per heavy atom. The SMILES string of the molecule is NC(=O)NC(CC(=O)N1CCOC(c2ccccc2)C1)c1cccs1. The number of morpholine rings is 1. The molecule has 3 amide bonds. The second-order valence-corrected chi connectivity index (χ2v) is 6.87. The normalized spacial score (nSPS) is 18.6. The third kappa shape index (κ3) is 4.58. The Balaban J connectivity index is 1.66. The minimum atomic E-state index is -0.629. The van der Waals surface area contributed by atoms with Gasteiger partial charge >= 0.3 is 6.03 Å². The number of carbonyl (C=O) groups excluding carboxylic acids is 2. The first-order chi connectivity index (χ1) is 12.1. The van der Waals surface area contributed by atoms with Gasteiger partial charge in [0.15, 0.2) is 0 Å². The Bertz CT molecular complexity index is 706. The Labute approximate surface area is 150 Å². The molecule has 2 atom stereocenters. The second kappa shape index (κ2) is 8.13. The highest BCUT2D eigenvalue weighted by Gasteiger charge is 2.28. The van der Waals surface area contributed by atoms with Crippen molar-refractivity contribution in [3.8, 4) is 0 Å². The highest BCUT2D eigenvalue weighted by molar-refractivity contribution is 7.10. The van der Waals surface area contributed by atoms with Crippen LogP contribution in [0.2, 0.25) is 0 Å². The van der Waals surface area contributed by atoms with Crippen molar-refractivity contribution in [1.29, 1.82) is 0 Å². The average Bonchev–Trinajstić information content (AvgIpc) is 3.16. The van der Waals surface area contributed by atoms with Crippen molar-refractivity contribution >= 4 is 23.3 Å². The molecule has 7 heteroatoms. The van der Waals surface area contributed by atoms with Gasteiger partial charge in [-0.1, -0.05) is 36.4 Å². The molecule has 3 N–H and O–H groups in total. The third-order valence-electron chi connectivity index (χ3n) is 4.17. The smallest absolute Gasteiger partial charge is 0.312 e. The summed E-state index contributed by atoms with van der Waals surface area (Å²) in [5, 5.41) is 4.58. The standard InChI is InChI=1S/C18H21N3O3S/c19-18(23)20-14(16-7-4-10-25-16)11-17(22)21-8-9-24-15(12-21)13-5-2-1-3-6-13/h1-7,10,14-15H,8-9,11-12H2,(H3,19,20,23). The Hall–Kier alpha value is -2.38. The molecular formula is C18H21N3O3S. The molecule has 1 aromatic carbocycles. The first kappa shape index (κ1) is 17.4. The Kier molecular flexibility index (Phi) is 5.67. The summed E-state index contributed by atoms with van der Waals surface area (Å²) in [6.07, 6.45) is 0.0634. The van der Waals surface area contributed by atoms with E-state index in [2.05, 4.69) is 5.32 Å². The maximum atomic E-state index is 12.7. The number of nitrogens with two attached hydrogens (primary N) is 1. The van der Waals surface area contributed by atoms with Crippen molar-refractivity contribution in [1.82, 2.24) is 10.2 Å². The molecule has 6 nitrogen and oxygen atoms in total. The lowest BCUT2D eigenvalue weighted by molar-refractivity contribution is -0.139. The van der Waals surface area contributed by atoms with E-state index in [0.717, 1.165) is 10.4 Å². The predicted octanol–water partition coefficient (Wildman–Crippen LogP) is 2.45. The number of benzene rings is 1. The molecule has 2 aromatic rings. The van der Waals surface area contributed by atoms with Crippen LogP contribution >= 0.6 is 11.3 Å². The largest absolute Gasteiger partial charge is 0.370 e. The van der Waals surface area contributed by atoms with Crippen LogP contribution in [0.4, 0.5) is 4.79 Å². The molecule has 1 saturated heterocycles. The summed E-state index contributed by atoms with van der Waals surface area (Å²) in [6, 6.07) is 12.6.